The highest BCUT2D eigenvalue weighted by Crippen LogP contribution is 2.44. The van der Waals surface area contributed by atoms with Gasteiger partial charge in [-0.1, -0.05) is 13.0 Å². The topological polar surface area (TPSA) is 48.4 Å². The minimum atomic E-state index is -3.18. The highest BCUT2D eigenvalue weighted by molar-refractivity contribution is 7.61. The van der Waals surface area contributed by atoms with Gasteiger partial charge in [0.25, 0.3) is 0 Å². The summed E-state index contributed by atoms with van der Waals surface area (Å²) in [6, 6.07) is 5.32. The second-order valence-electron chi connectivity index (χ2n) is 2.70. The molecule has 0 aromatic carbocycles. The minimum absolute atomic E-state index is 0.363. The van der Waals surface area contributed by atoms with Crippen LogP contribution in [-0.4, -0.2) is 19.2 Å². The first-order chi connectivity index (χ1) is 6.66. The van der Waals surface area contributed by atoms with Gasteiger partial charge in [0.1, 0.15) is 0 Å². The number of aryl methyl sites for hydroxylation is 1. The minimum Gasteiger partial charge on any atom is -0.308 e. The molecular formula is C9H14NO3P. The van der Waals surface area contributed by atoms with Crippen molar-refractivity contribution in [1.29, 1.82) is 0 Å². The van der Waals surface area contributed by atoms with E-state index in [0.717, 1.165) is 12.1 Å². The molecule has 1 aromatic heterocycles. The molecule has 5 heteroatoms. The molecule has 0 atom stereocenters. The molecule has 0 aliphatic rings. The van der Waals surface area contributed by atoms with Crippen molar-refractivity contribution in [2.24, 2.45) is 0 Å². The Morgan fingerprint density at radius 2 is 2.00 bits per heavy atom. The third kappa shape index (κ3) is 2.21. The average Bonchev–Trinajstić information content (AvgIpc) is 2.28. The Morgan fingerprint density at radius 1 is 1.36 bits per heavy atom. The lowest BCUT2D eigenvalue weighted by Gasteiger charge is -2.12. The van der Waals surface area contributed by atoms with E-state index >= 15 is 0 Å². The van der Waals surface area contributed by atoms with Crippen molar-refractivity contribution in [3.05, 3.63) is 23.9 Å². The molecule has 0 unspecified atom stereocenters. The van der Waals surface area contributed by atoms with Crippen LogP contribution in [0.5, 0.6) is 0 Å². The quantitative estimate of drug-likeness (QED) is 0.718. The van der Waals surface area contributed by atoms with E-state index in [4.69, 9.17) is 9.05 Å². The van der Waals surface area contributed by atoms with Crippen molar-refractivity contribution in [1.82, 2.24) is 4.98 Å². The van der Waals surface area contributed by atoms with Gasteiger partial charge in [-0.05, 0) is 18.6 Å². The number of hydrogen-bond acceptors (Lipinski definition) is 4. The molecule has 0 bridgehead atoms. The first kappa shape index (κ1) is 11.4. The zero-order chi connectivity index (χ0) is 10.6. The van der Waals surface area contributed by atoms with Crippen LogP contribution in [0.15, 0.2) is 18.2 Å². The second kappa shape index (κ2) is 4.69. The molecule has 0 radical (unpaired) electrons. The van der Waals surface area contributed by atoms with Gasteiger partial charge in [-0.2, -0.15) is 0 Å². The Balaban J connectivity index is 3.11. The molecule has 4 nitrogen and oxygen atoms in total. The molecule has 1 aromatic rings. The van der Waals surface area contributed by atoms with Crippen molar-refractivity contribution < 1.29 is 13.6 Å². The van der Waals surface area contributed by atoms with Gasteiger partial charge in [-0.15, -0.1) is 0 Å². The van der Waals surface area contributed by atoms with Crippen molar-refractivity contribution in [2.45, 2.75) is 13.3 Å². The van der Waals surface area contributed by atoms with E-state index in [1.54, 1.807) is 12.1 Å². The maximum absolute atomic E-state index is 11.9. The molecular weight excluding hydrogens is 201 g/mol. The van der Waals surface area contributed by atoms with Crippen LogP contribution in [0.4, 0.5) is 0 Å². The molecule has 0 fully saturated rings. The van der Waals surface area contributed by atoms with E-state index in [9.17, 15) is 4.57 Å². The monoisotopic (exact) mass is 215 g/mol. The predicted molar refractivity (Wildman–Crippen MR) is 54.9 cm³/mol. The summed E-state index contributed by atoms with van der Waals surface area (Å²) in [7, 11) is -0.481. The van der Waals surface area contributed by atoms with Crippen LogP contribution in [0, 0.1) is 0 Å². The smallest absolute Gasteiger partial charge is 0.308 e. The summed E-state index contributed by atoms with van der Waals surface area (Å²) >= 11 is 0. The lowest BCUT2D eigenvalue weighted by atomic mass is 10.3. The van der Waals surface area contributed by atoms with Crippen LogP contribution in [0.2, 0.25) is 0 Å². The Morgan fingerprint density at radius 3 is 2.50 bits per heavy atom. The average molecular weight is 215 g/mol. The fourth-order valence-electron chi connectivity index (χ4n) is 1.08. The maximum Gasteiger partial charge on any atom is 0.379 e. The van der Waals surface area contributed by atoms with Gasteiger partial charge in [0.2, 0.25) is 0 Å². The van der Waals surface area contributed by atoms with Crippen molar-refractivity contribution >= 4 is 13.0 Å². The van der Waals surface area contributed by atoms with Gasteiger partial charge in [-0.3, -0.25) is 4.57 Å². The fraction of sp³-hybridized carbons (Fsp3) is 0.444. The van der Waals surface area contributed by atoms with E-state index in [1.165, 1.54) is 14.2 Å². The maximum atomic E-state index is 11.9. The number of hydrogen-bond donors (Lipinski definition) is 0. The number of pyridine rings is 1. The van der Waals surface area contributed by atoms with E-state index < -0.39 is 7.60 Å². The zero-order valence-electron chi connectivity index (χ0n) is 8.56. The third-order valence-corrected chi connectivity index (χ3v) is 3.69. The Bertz CT molecular complexity index is 346. The zero-order valence-corrected chi connectivity index (χ0v) is 9.45. The number of rotatable bonds is 4. The summed E-state index contributed by atoms with van der Waals surface area (Å²) in [5.41, 5.74) is 1.23. The van der Waals surface area contributed by atoms with Gasteiger partial charge in [-0.25, -0.2) is 4.98 Å². The molecule has 1 heterocycles. The summed E-state index contributed by atoms with van der Waals surface area (Å²) in [6.07, 6.45) is 0.793. The second-order valence-corrected chi connectivity index (χ2v) is 4.89. The molecule has 0 amide bonds. The Kier molecular flexibility index (Phi) is 3.81. The summed E-state index contributed by atoms with van der Waals surface area (Å²) in [5.74, 6) is 0. The van der Waals surface area contributed by atoms with Crippen molar-refractivity contribution in [3.63, 3.8) is 0 Å². The summed E-state index contributed by atoms with van der Waals surface area (Å²) in [6.45, 7) is 1.98. The van der Waals surface area contributed by atoms with Crippen LogP contribution < -0.4 is 5.44 Å². The van der Waals surface area contributed by atoms with Gasteiger partial charge in [0, 0.05) is 19.9 Å². The van der Waals surface area contributed by atoms with Gasteiger partial charge in [0.15, 0.2) is 5.44 Å². The van der Waals surface area contributed by atoms with Crippen molar-refractivity contribution in [2.75, 3.05) is 14.2 Å². The highest BCUT2D eigenvalue weighted by atomic mass is 31.2. The summed E-state index contributed by atoms with van der Waals surface area (Å²) < 4.78 is 21.6. The SMILES string of the molecule is CCc1cccc(P(=O)(OC)OC)n1. The molecule has 0 aliphatic heterocycles. The third-order valence-electron chi connectivity index (χ3n) is 1.92. The molecule has 0 aliphatic carbocycles. The largest absolute Gasteiger partial charge is 0.379 e. The van der Waals surface area contributed by atoms with Crippen LogP contribution in [0.1, 0.15) is 12.6 Å². The first-order valence-corrected chi connectivity index (χ1v) is 5.88. The van der Waals surface area contributed by atoms with E-state index in [-0.39, 0.29) is 0 Å². The van der Waals surface area contributed by atoms with Crippen LogP contribution in [-0.2, 0) is 20.0 Å². The molecule has 0 spiro atoms. The summed E-state index contributed by atoms with van der Waals surface area (Å²) in [4.78, 5) is 4.19. The fourth-order valence-corrected chi connectivity index (χ4v) is 2.12. The Hall–Kier alpha value is -0.700. The molecule has 0 saturated heterocycles. The van der Waals surface area contributed by atoms with Crippen LogP contribution in [0.25, 0.3) is 0 Å². The molecule has 0 N–H and O–H groups in total. The lowest BCUT2D eigenvalue weighted by molar-refractivity contribution is 0.286. The van der Waals surface area contributed by atoms with Crippen LogP contribution in [0.3, 0.4) is 0 Å². The van der Waals surface area contributed by atoms with E-state index in [0.29, 0.717) is 5.44 Å². The Labute approximate surface area is 83.8 Å². The molecule has 1 rings (SSSR count). The molecule has 14 heavy (non-hydrogen) atoms. The number of aromatic nitrogens is 1. The van der Waals surface area contributed by atoms with Gasteiger partial charge >= 0.3 is 7.60 Å². The standard InChI is InChI=1S/C9H14NO3P/c1-4-8-6-5-7-9(10-8)14(11,12-2)13-3/h5-7H,4H2,1-3H3. The number of nitrogens with zero attached hydrogens (tertiary/aromatic N) is 1. The van der Waals surface area contributed by atoms with E-state index in [1.807, 2.05) is 13.0 Å². The highest BCUT2D eigenvalue weighted by Gasteiger charge is 2.25. The van der Waals surface area contributed by atoms with Gasteiger partial charge < -0.3 is 9.05 Å². The van der Waals surface area contributed by atoms with E-state index in [2.05, 4.69) is 4.98 Å². The molecule has 78 valence electrons. The van der Waals surface area contributed by atoms with Crippen molar-refractivity contribution in [3.8, 4) is 0 Å². The van der Waals surface area contributed by atoms with Crippen LogP contribution >= 0.6 is 7.60 Å². The predicted octanol–water partition coefficient (Wildman–Crippen LogP) is 1.76. The lowest BCUT2D eigenvalue weighted by Crippen LogP contribution is -2.13. The van der Waals surface area contributed by atoms with Gasteiger partial charge in [0.05, 0.1) is 0 Å². The summed E-state index contributed by atoms with van der Waals surface area (Å²) in [5, 5.41) is 0. The molecule has 0 saturated carbocycles. The normalized spacial score (nSPS) is 11.6. The first-order valence-electron chi connectivity index (χ1n) is 4.34.